The summed E-state index contributed by atoms with van der Waals surface area (Å²) in [5, 5.41) is 10.3. The third-order valence-corrected chi connectivity index (χ3v) is 10.4. The topological polar surface area (TPSA) is 65.0 Å². The number of carbonyl (C=O) groups excluding carboxylic acids is 1. The highest BCUT2D eigenvalue weighted by atomic mass is 28.4. The summed E-state index contributed by atoms with van der Waals surface area (Å²) >= 11 is 0. The monoisotopic (exact) mass is 394 g/mol. The summed E-state index contributed by atoms with van der Waals surface area (Å²) in [6.45, 7) is 13.1. The Balaban J connectivity index is 2.08. The third kappa shape index (κ3) is 5.19. The van der Waals surface area contributed by atoms with E-state index in [2.05, 4.69) is 33.9 Å². The summed E-state index contributed by atoms with van der Waals surface area (Å²) in [4.78, 5) is 12.6. The first-order chi connectivity index (χ1) is 12.5. The summed E-state index contributed by atoms with van der Waals surface area (Å²) in [7, 11) is -0.499. The number of ether oxygens (including phenoxy) is 2. The van der Waals surface area contributed by atoms with Crippen LogP contribution in [0.5, 0.6) is 5.75 Å². The van der Waals surface area contributed by atoms with Crippen molar-refractivity contribution in [3.8, 4) is 5.75 Å². The first-order valence-electron chi connectivity index (χ1n) is 9.60. The molecule has 0 radical (unpaired) electrons. The van der Waals surface area contributed by atoms with E-state index in [0.29, 0.717) is 13.0 Å². The zero-order valence-corrected chi connectivity index (χ0v) is 18.6. The molecule has 0 bridgehead atoms. The number of carbonyl (C=O) groups is 1. The second-order valence-corrected chi connectivity index (χ2v) is 13.8. The van der Waals surface area contributed by atoms with Crippen LogP contribution < -0.4 is 4.74 Å². The van der Waals surface area contributed by atoms with Crippen LogP contribution in [0.1, 0.15) is 39.7 Å². The van der Waals surface area contributed by atoms with Crippen LogP contribution in [0, 0.1) is 5.92 Å². The van der Waals surface area contributed by atoms with Gasteiger partial charge in [0.15, 0.2) is 14.1 Å². The fourth-order valence-corrected chi connectivity index (χ4v) is 4.32. The molecule has 1 aromatic rings. The predicted molar refractivity (Wildman–Crippen MR) is 108 cm³/mol. The van der Waals surface area contributed by atoms with Crippen molar-refractivity contribution in [2.24, 2.45) is 5.92 Å². The minimum Gasteiger partial charge on any atom is -0.497 e. The van der Waals surface area contributed by atoms with Crippen molar-refractivity contribution in [3.63, 3.8) is 0 Å². The van der Waals surface area contributed by atoms with Gasteiger partial charge in [-0.25, -0.2) is 0 Å². The zero-order chi connectivity index (χ0) is 20.4. The van der Waals surface area contributed by atoms with Gasteiger partial charge in [-0.3, -0.25) is 4.79 Å². The Hall–Kier alpha value is -1.21. The smallest absolute Gasteiger partial charge is 0.193 e. The van der Waals surface area contributed by atoms with Crippen molar-refractivity contribution in [2.75, 3.05) is 7.11 Å². The summed E-state index contributed by atoms with van der Waals surface area (Å²) in [5.74, 6) is 0.485. The Kier molecular flexibility index (Phi) is 6.89. The molecule has 1 aliphatic rings. The number of hydrogen-bond acceptors (Lipinski definition) is 5. The van der Waals surface area contributed by atoms with Gasteiger partial charge in [0.1, 0.15) is 18.0 Å². The second kappa shape index (κ2) is 8.43. The lowest BCUT2D eigenvalue weighted by molar-refractivity contribution is -0.153. The Morgan fingerprint density at radius 1 is 1.19 bits per heavy atom. The summed E-state index contributed by atoms with van der Waals surface area (Å²) < 4.78 is 17.6. The van der Waals surface area contributed by atoms with Crippen molar-refractivity contribution in [1.82, 2.24) is 0 Å². The fraction of sp³-hybridized carbons (Fsp3) is 0.667. The SMILES string of the molecule is COc1ccc(CO[C@H]2CC(O)C(=O)[C@@H](O[Si](C)(C)C(C)(C)C)[C@@H]2C)cc1. The Bertz CT molecular complexity index is 635. The molecule has 6 heteroatoms. The summed E-state index contributed by atoms with van der Waals surface area (Å²) in [6, 6.07) is 7.70. The molecule has 2 rings (SSSR count). The van der Waals surface area contributed by atoms with Gasteiger partial charge >= 0.3 is 0 Å². The van der Waals surface area contributed by atoms with Gasteiger partial charge in [-0.05, 0) is 35.8 Å². The molecule has 0 heterocycles. The molecular weight excluding hydrogens is 360 g/mol. The van der Waals surface area contributed by atoms with Gasteiger partial charge < -0.3 is 19.0 Å². The van der Waals surface area contributed by atoms with E-state index in [1.807, 2.05) is 31.2 Å². The third-order valence-electron chi connectivity index (χ3n) is 5.98. The molecule has 1 unspecified atom stereocenters. The quantitative estimate of drug-likeness (QED) is 0.740. The van der Waals surface area contributed by atoms with E-state index in [0.717, 1.165) is 11.3 Å². The highest BCUT2D eigenvalue weighted by Gasteiger charge is 2.47. The molecule has 0 saturated heterocycles. The van der Waals surface area contributed by atoms with Gasteiger partial charge in [0.25, 0.3) is 0 Å². The van der Waals surface area contributed by atoms with Crippen molar-refractivity contribution in [3.05, 3.63) is 29.8 Å². The average molecular weight is 395 g/mol. The van der Waals surface area contributed by atoms with E-state index in [4.69, 9.17) is 13.9 Å². The molecule has 0 amide bonds. The van der Waals surface area contributed by atoms with Crippen LogP contribution in [0.25, 0.3) is 0 Å². The molecule has 1 fully saturated rings. The predicted octanol–water partition coefficient (Wildman–Crippen LogP) is 3.94. The Morgan fingerprint density at radius 3 is 2.30 bits per heavy atom. The number of benzene rings is 1. The molecule has 0 spiro atoms. The maximum atomic E-state index is 12.6. The number of methoxy groups -OCH3 is 1. The molecule has 152 valence electrons. The number of hydrogen-bond donors (Lipinski definition) is 1. The maximum Gasteiger partial charge on any atom is 0.193 e. The van der Waals surface area contributed by atoms with Crippen LogP contribution in [0.15, 0.2) is 24.3 Å². The van der Waals surface area contributed by atoms with E-state index >= 15 is 0 Å². The van der Waals surface area contributed by atoms with Crippen LogP contribution in [0.3, 0.4) is 0 Å². The number of rotatable bonds is 6. The zero-order valence-electron chi connectivity index (χ0n) is 17.6. The molecule has 0 aromatic heterocycles. The largest absolute Gasteiger partial charge is 0.497 e. The summed E-state index contributed by atoms with van der Waals surface area (Å²) in [6.07, 6.45) is -1.56. The lowest BCUT2D eigenvalue weighted by atomic mass is 9.82. The van der Waals surface area contributed by atoms with Gasteiger partial charge in [-0.1, -0.05) is 39.8 Å². The standard InChI is InChI=1S/C21H34O5Si/c1-14-18(25-13-15-8-10-16(24-5)11-9-15)12-17(22)19(23)20(14)26-27(6,7)21(2,3)4/h8-11,14,17-18,20,22H,12-13H2,1-7H3/t14-,17?,18+,20+/m1/s1. The molecule has 1 saturated carbocycles. The molecule has 27 heavy (non-hydrogen) atoms. The van der Waals surface area contributed by atoms with Gasteiger partial charge in [-0.2, -0.15) is 0 Å². The fourth-order valence-electron chi connectivity index (χ4n) is 3.00. The first-order valence-corrected chi connectivity index (χ1v) is 12.5. The minimum absolute atomic E-state index is 0.00511. The molecular formula is C21H34O5Si. The Labute approximate surface area is 164 Å². The van der Waals surface area contributed by atoms with Crippen LogP contribution in [-0.4, -0.2) is 44.6 Å². The first kappa shape index (κ1) is 22.1. The number of Topliss-reactive ketones (excluding diaryl/α,β-unsaturated/α-hetero) is 1. The van der Waals surface area contributed by atoms with E-state index < -0.39 is 20.5 Å². The van der Waals surface area contributed by atoms with Crippen molar-refractivity contribution >= 4 is 14.1 Å². The maximum absolute atomic E-state index is 12.6. The van der Waals surface area contributed by atoms with Crippen LogP contribution in [0.4, 0.5) is 0 Å². The number of aliphatic hydroxyl groups excluding tert-OH is 1. The van der Waals surface area contributed by atoms with Gasteiger partial charge in [0, 0.05) is 12.3 Å². The van der Waals surface area contributed by atoms with Crippen molar-refractivity contribution < 1.29 is 23.8 Å². The van der Waals surface area contributed by atoms with Crippen LogP contribution >= 0.6 is 0 Å². The van der Waals surface area contributed by atoms with E-state index in [1.165, 1.54) is 0 Å². The molecule has 4 atom stereocenters. The lowest BCUT2D eigenvalue weighted by Gasteiger charge is -2.44. The van der Waals surface area contributed by atoms with Crippen LogP contribution in [0.2, 0.25) is 18.1 Å². The highest BCUT2D eigenvalue weighted by molar-refractivity contribution is 6.74. The number of aliphatic hydroxyl groups is 1. The van der Waals surface area contributed by atoms with Gasteiger partial charge in [0.05, 0.1) is 19.8 Å². The van der Waals surface area contributed by atoms with E-state index in [-0.39, 0.29) is 22.8 Å². The highest BCUT2D eigenvalue weighted by Crippen LogP contribution is 2.40. The number of ketones is 1. The molecule has 0 aliphatic heterocycles. The molecule has 1 aromatic carbocycles. The van der Waals surface area contributed by atoms with Crippen molar-refractivity contribution in [1.29, 1.82) is 0 Å². The van der Waals surface area contributed by atoms with E-state index in [9.17, 15) is 9.90 Å². The summed E-state index contributed by atoms with van der Waals surface area (Å²) in [5.41, 5.74) is 1.02. The second-order valence-electron chi connectivity index (χ2n) is 9.01. The normalized spacial score (nSPS) is 26.9. The molecule has 5 nitrogen and oxygen atoms in total. The van der Waals surface area contributed by atoms with Crippen molar-refractivity contribution in [2.45, 2.75) is 77.2 Å². The van der Waals surface area contributed by atoms with Gasteiger partial charge in [0.2, 0.25) is 0 Å². The van der Waals surface area contributed by atoms with Crippen LogP contribution in [-0.2, 0) is 20.6 Å². The average Bonchev–Trinajstić information content (AvgIpc) is 2.60. The molecule has 1 N–H and O–H groups in total. The lowest BCUT2D eigenvalue weighted by Crippen LogP contribution is -2.56. The van der Waals surface area contributed by atoms with E-state index in [1.54, 1.807) is 7.11 Å². The molecule has 1 aliphatic carbocycles. The minimum atomic E-state index is -2.13. The van der Waals surface area contributed by atoms with Gasteiger partial charge in [-0.15, -0.1) is 0 Å². The Morgan fingerprint density at radius 2 is 1.78 bits per heavy atom.